The number of hydrogen-bond acceptors (Lipinski definition) is 5. The molecule has 2 atom stereocenters. The number of sulfonamides is 1. The quantitative estimate of drug-likeness (QED) is 0.326. The van der Waals surface area contributed by atoms with Gasteiger partial charge in [-0.05, 0) is 79.5 Å². The van der Waals surface area contributed by atoms with E-state index < -0.39 is 39.3 Å². The second-order valence-electron chi connectivity index (χ2n) is 11.3. The Morgan fingerprint density at radius 2 is 1.83 bits per heavy atom. The topological polar surface area (TPSA) is 91.4 Å². The predicted molar refractivity (Wildman–Crippen MR) is 155 cm³/mol. The van der Waals surface area contributed by atoms with Crippen LogP contribution < -0.4 is 10.6 Å². The van der Waals surface area contributed by atoms with Gasteiger partial charge in [0.2, 0.25) is 15.9 Å². The Bertz CT molecular complexity index is 1510. The fourth-order valence-corrected chi connectivity index (χ4v) is 7.77. The van der Waals surface area contributed by atoms with Crippen molar-refractivity contribution in [2.24, 2.45) is 5.92 Å². The molecule has 7 nitrogen and oxygen atoms in total. The van der Waals surface area contributed by atoms with Crippen LogP contribution in [0.25, 0.3) is 0 Å². The van der Waals surface area contributed by atoms with Crippen LogP contribution in [-0.4, -0.2) is 55.0 Å². The zero-order valence-electron chi connectivity index (χ0n) is 23.5. The third-order valence-electron chi connectivity index (χ3n) is 7.93. The molecular weight excluding hydrogens is 565 g/mol. The summed E-state index contributed by atoms with van der Waals surface area (Å²) in [5.41, 5.74) is 2.31. The number of anilines is 1. The lowest BCUT2D eigenvalue weighted by molar-refractivity contribution is -0.116. The minimum atomic E-state index is -3.42. The van der Waals surface area contributed by atoms with Gasteiger partial charge in [0.25, 0.3) is 0 Å². The van der Waals surface area contributed by atoms with Crippen LogP contribution in [0.4, 0.5) is 18.9 Å². The summed E-state index contributed by atoms with van der Waals surface area (Å²) in [5.74, 6) is -2.13. The van der Waals surface area contributed by atoms with Crippen molar-refractivity contribution in [3.05, 3.63) is 94.6 Å². The van der Waals surface area contributed by atoms with Crippen LogP contribution in [0.2, 0.25) is 0 Å². The highest BCUT2D eigenvalue weighted by atomic mass is 32.2. The fourth-order valence-electron chi connectivity index (χ4n) is 5.64. The Morgan fingerprint density at radius 1 is 1.07 bits per heavy atom. The van der Waals surface area contributed by atoms with E-state index in [1.165, 1.54) is 30.5 Å². The Labute approximate surface area is 244 Å². The van der Waals surface area contributed by atoms with Gasteiger partial charge in [0.1, 0.15) is 17.5 Å². The average molecular weight is 601 g/mol. The molecule has 5 rings (SSSR count). The SMILES string of the molecule is Cc1cc(F)cc([C@@H](CC(=O)Nc2cncc(F)c2CC[C@H]2CNCCN2S(=O)(=O)CC2CC2)c2ccc(F)cc2)c1. The van der Waals surface area contributed by atoms with Crippen molar-refractivity contribution in [3.63, 3.8) is 0 Å². The number of benzene rings is 2. The first kappa shape index (κ1) is 30.2. The van der Waals surface area contributed by atoms with Crippen molar-refractivity contribution in [1.29, 1.82) is 0 Å². The molecule has 2 aliphatic rings. The maximum absolute atomic E-state index is 15.0. The summed E-state index contributed by atoms with van der Waals surface area (Å²) >= 11 is 0. The van der Waals surface area contributed by atoms with Gasteiger partial charge in [0.05, 0.1) is 23.8 Å². The molecule has 1 aliphatic carbocycles. The highest BCUT2D eigenvalue weighted by Gasteiger charge is 2.36. The summed E-state index contributed by atoms with van der Waals surface area (Å²) in [6, 6.07) is 9.87. The van der Waals surface area contributed by atoms with Crippen LogP contribution in [0.1, 0.15) is 53.9 Å². The molecule has 1 saturated carbocycles. The number of nitrogens with zero attached hydrogens (tertiary/aromatic N) is 2. The maximum Gasteiger partial charge on any atom is 0.225 e. The third kappa shape index (κ3) is 7.56. The molecule has 0 bridgehead atoms. The van der Waals surface area contributed by atoms with Crippen molar-refractivity contribution >= 4 is 21.6 Å². The van der Waals surface area contributed by atoms with Crippen molar-refractivity contribution in [2.45, 2.75) is 51.0 Å². The molecular formula is C31H35F3N4O3S. The third-order valence-corrected chi connectivity index (χ3v) is 10.0. The lowest BCUT2D eigenvalue weighted by atomic mass is 9.87. The molecule has 1 amide bonds. The summed E-state index contributed by atoms with van der Waals surface area (Å²) in [7, 11) is -3.42. The maximum atomic E-state index is 15.0. The van der Waals surface area contributed by atoms with E-state index in [2.05, 4.69) is 15.6 Å². The summed E-state index contributed by atoms with van der Waals surface area (Å²) in [6.07, 6.45) is 4.75. The van der Waals surface area contributed by atoms with Gasteiger partial charge in [-0.3, -0.25) is 9.78 Å². The smallest absolute Gasteiger partial charge is 0.225 e. The first-order valence-corrected chi connectivity index (χ1v) is 15.8. The van der Waals surface area contributed by atoms with Gasteiger partial charge in [-0.2, -0.15) is 4.31 Å². The summed E-state index contributed by atoms with van der Waals surface area (Å²) in [6.45, 7) is 3.14. The summed E-state index contributed by atoms with van der Waals surface area (Å²) < 4.78 is 70.6. The molecule has 3 aromatic rings. The van der Waals surface area contributed by atoms with E-state index in [4.69, 9.17) is 0 Å². The van der Waals surface area contributed by atoms with Gasteiger partial charge in [-0.25, -0.2) is 21.6 Å². The van der Waals surface area contributed by atoms with Gasteiger partial charge in [0.15, 0.2) is 0 Å². The second-order valence-corrected chi connectivity index (χ2v) is 13.3. The molecule has 42 heavy (non-hydrogen) atoms. The minimum Gasteiger partial charge on any atom is -0.324 e. The Balaban J connectivity index is 1.33. The van der Waals surface area contributed by atoms with Crippen molar-refractivity contribution in [3.8, 4) is 0 Å². The molecule has 1 aromatic heterocycles. The van der Waals surface area contributed by atoms with E-state index in [1.807, 2.05) is 0 Å². The Hall–Kier alpha value is -3.28. The standard InChI is InChI=1S/C31H35F3N4O3S/c1-20-12-23(14-25(33)13-20)28(22-4-6-24(32)7-5-22)15-31(39)37-30-18-36-17-29(34)27(30)9-8-26-16-35-10-11-38(26)42(40,41)19-21-2-3-21/h4-7,12-14,17-18,21,26,28,35H,2-3,8-11,15-16,19H2,1H3,(H,37,39)/t26-,28-/m0/s1. The molecule has 1 aliphatic heterocycles. The molecule has 2 fully saturated rings. The number of pyridine rings is 1. The van der Waals surface area contributed by atoms with E-state index in [-0.39, 0.29) is 41.8 Å². The monoisotopic (exact) mass is 600 g/mol. The molecule has 0 radical (unpaired) electrons. The summed E-state index contributed by atoms with van der Waals surface area (Å²) in [5, 5.41) is 6.00. The molecule has 2 heterocycles. The first-order chi connectivity index (χ1) is 20.1. The second kappa shape index (κ2) is 12.9. The highest BCUT2D eigenvalue weighted by molar-refractivity contribution is 7.89. The molecule has 11 heteroatoms. The molecule has 2 N–H and O–H groups in total. The number of nitrogens with one attached hydrogen (secondary N) is 2. The summed E-state index contributed by atoms with van der Waals surface area (Å²) in [4.78, 5) is 17.3. The van der Waals surface area contributed by atoms with Gasteiger partial charge in [0, 0.05) is 43.6 Å². The Kier molecular flexibility index (Phi) is 9.29. The van der Waals surface area contributed by atoms with Gasteiger partial charge < -0.3 is 10.6 Å². The number of piperazine rings is 1. The predicted octanol–water partition coefficient (Wildman–Crippen LogP) is 4.91. The van der Waals surface area contributed by atoms with Gasteiger partial charge in [-0.1, -0.05) is 18.2 Å². The van der Waals surface area contributed by atoms with Crippen LogP contribution in [0.5, 0.6) is 0 Å². The van der Waals surface area contributed by atoms with Crippen LogP contribution in [-0.2, 0) is 21.2 Å². The lowest BCUT2D eigenvalue weighted by Gasteiger charge is -2.35. The lowest BCUT2D eigenvalue weighted by Crippen LogP contribution is -2.54. The number of carbonyl (C=O) groups excluding carboxylic acids is 1. The first-order valence-electron chi connectivity index (χ1n) is 14.2. The molecule has 2 aromatic carbocycles. The van der Waals surface area contributed by atoms with E-state index >= 15 is 4.39 Å². The molecule has 1 saturated heterocycles. The van der Waals surface area contributed by atoms with E-state index in [9.17, 15) is 22.0 Å². The highest BCUT2D eigenvalue weighted by Crippen LogP contribution is 2.33. The molecule has 224 valence electrons. The van der Waals surface area contributed by atoms with Crippen LogP contribution >= 0.6 is 0 Å². The van der Waals surface area contributed by atoms with Crippen molar-refractivity contribution < 1.29 is 26.4 Å². The number of hydrogen-bond donors (Lipinski definition) is 2. The van der Waals surface area contributed by atoms with E-state index in [0.717, 1.165) is 19.0 Å². The van der Waals surface area contributed by atoms with Crippen LogP contribution in [0, 0.1) is 30.3 Å². The van der Waals surface area contributed by atoms with Crippen molar-refractivity contribution in [2.75, 3.05) is 30.7 Å². The van der Waals surface area contributed by atoms with Crippen molar-refractivity contribution in [1.82, 2.24) is 14.6 Å². The number of amides is 1. The van der Waals surface area contributed by atoms with E-state index in [1.54, 1.807) is 29.4 Å². The van der Waals surface area contributed by atoms with Crippen LogP contribution in [0.15, 0.2) is 54.9 Å². The molecule has 0 spiro atoms. The number of rotatable bonds is 11. The normalized spacial score (nSPS) is 18.5. The van der Waals surface area contributed by atoms with E-state index in [0.29, 0.717) is 42.7 Å². The zero-order valence-corrected chi connectivity index (χ0v) is 24.3. The fraction of sp³-hybridized carbons (Fsp3) is 0.419. The number of aryl methyl sites for hydroxylation is 1. The molecule has 0 unspecified atom stereocenters. The average Bonchev–Trinajstić information content (AvgIpc) is 3.75. The number of aromatic nitrogens is 1. The van der Waals surface area contributed by atoms with Crippen LogP contribution in [0.3, 0.4) is 0 Å². The number of carbonyl (C=O) groups is 1. The van der Waals surface area contributed by atoms with Gasteiger partial charge in [-0.15, -0.1) is 0 Å². The Morgan fingerprint density at radius 3 is 2.55 bits per heavy atom. The van der Waals surface area contributed by atoms with Gasteiger partial charge >= 0.3 is 0 Å². The minimum absolute atomic E-state index is 0.107. The zero-order chi connectivity index (χ0) is 29.9. The number of halogens is 3. The largest absolute Gasteiger partial charge is 0.324 e.